The summed E-state index contributed by atoms with van der Waals surface area (Å²) < 4.78 is 13.2. The Morgan fingerprint density at radius 1 is 1.21 bits per heavy atom. The van der Waals surface area contributed by atoms with Crippen molar-refractivity contribution in [3.05, 3.63) is 30.1 Å². The number of carbonyl (C=O) groups is 2. The maximum absolute atomic E-state index is 13.2. The SMILES string of the molecule is CCCCN(C)C(=O)C1CCC(C(=O)Nc2cccc(F)c2)CC1. The number of unbranched alkanes of at least 4 members (excludes halogenated alkanes) is 1. The van der Waals surface area contributed by atoms with Crippen LogP contribution >= 0.6 is 0 Å². The van der Waals surface area contributed by atoms with Crippen LogP contribution in [0.4, 0.5) is 10.1 Å². The van der Waals surface area contributed by atoms with Gasteiger partial charge in [-0.25, -0.2) is 4.39 Å². The molecule has 0 heterocycles. The number of halogens is 1. The maximum atomic E-state index is 13.2. The zero-order valence-electron chi connectivity index (χ0n) is 14.6. The summed E-state index contributed by atoms with van der Waals surface area (Å²) in [6.07, 6.45) is 5.00. The first-order chi connectivity index (χ1) is 11.5. The zero-order valence-corrected chi connectivity index (χ0v) is 14.6. The number of rotatable bonds is 6. The first kappa shape index (κ1) is 18.4. The molecule has 2 amide bonds. The highest BCUT2D eigenvalue weighted by Crippen LogP contribution is 2.31. The Morgan fingerprint density at radius 3 is 2.50 bits per heavy atom. The van der Waals surface area contributed by atoms with E-state index in [2.05, 4.69) is 12.2 Å². The lowest BCUT2D eigenvalue weighted by Gasteiger charge is -2.30. The molecule has 1 aromatic rings. The molecular formula is C19H27FN2O2. The Bertz CT molecular complexity index is 568. The summed E-state index contributed by atoms with van der Waals surface area (Å²) in [4.78, 5) is 26.5. The number of carbonyl (C=O) groups excluding carboxylic acids is 2. The van der Waals surface area contributed by atoms with Gasteiger partial charge in [-0.3, -0.25) is 9.59 Å². The summed E-state index contributed by atoms with van der Waals surface area (Å²) in [5.41, 5.74) is 0.484. The maximum Gasteiger partial charge on any atom is 0.227 e. The van der Waals surface area contributed by atoms with Crippen LogP contribution in [0.25, 0.3) is 0 Å². The summed E-state index contributed by atoms with van der Waals surface area (Å²) in [6, 6.07) is 5.92. The Kier molecular flexibility index (Phi) is 6.76. The molecule has 0 spiro atoms. The van der Waals surface area contributed by atoms with Crippen molar-refractivity contribution in [3.8, 4) is 0 Å². The molecule has 1 saturated carbocycles. The van der Waals surface area contributed by atoms with Crippen molar-refractivity contribution in [1.29, 1.82) is 0 Å². The lowest BCUT2D eigenvalue weighted by atomic mass is 9.81. The smallest absolute Gasteiger partial charge is 0.227 e. The highest BCUT2D eigenvalue weighted by Gasteiger charge is 2.31. The molecule has 4 nitrogen and oxygen atoms in total. The van der Waals surface area contributed by atoms with E-state index in [1.54, 1.807) is 12.1 Å². The van der Waals surface area contributed by atoms with Crippen molar-refractivity contribution in [1.82, 2.24) is 4.90 Å². The van der Waals surface area contributed by atoms with Crippen LogP contribution in [0.1, 0.15) is 45.4 Å². The molecule has 0 saturated heterocycles. The second-order valence-electron chi connectivity index (χ2n) is 6.66. The quantitative estimate of drug-likeness (QED) is 0.859. The Hall–Kier alpha value is -1.91. The van der Waals surface area contributed by atoms with Gasteiger partial charge < -0.3 is 10.2 Å². The predicted molar refractivity (Wildman–Crippen MR) is 93.0 cm³/mol. The van der Waals surface area contributed by atoms with Crippen LogP contribution < -0.4 is 5.32 Å². The van der Waals surface area contributed by atoms with Gasteiger partial charge in [-0.1, -0.05) is 19.4 Å². The molecule has 0 bridgehead atoms. The van der Waals surface area contributed by atoms with Crippen molar-refractivity contribution in [2.75, 3.05) is 18.9 Å². The monoisotopic (exact) mass is 334 g/mol. The Balaban J connectivity index is 1.81. The summed E-state index contributed by atoms with van der Waals surface area (Å²) in [5.74, 6) is -0.307. The minimum atomic E-state index is -0.364. The summed E-state index contributed by atoms with van der Waals surface area (Å²) >= 11 is 0. The van der Waals surface area contributed by atoms with Crippen LogP contribution in [0.5, 0.6) is 0 Å². The van der Waals surface area contributed by atoms with E-state index < -0.39 is 0 Å². The molecule has 1 aliphatic rings. The van der Waals surface area contributed by atoms with Crippen LogP contribution in [0.3, 0.4) is 0 Å². The lowest BCUT2D eigenvalue weighted by molar-refractivity contribution is -0.136. The topological polar surface area (TPSA) is 49.4 Å². The van der Waals surface area contributed by atoms with E-state index in [9.17, 15) is 14.0 Å². The van der Waals surface area contributed by atoms with Gasteiger partial charge in [-0.05, 0) is 50.3 Å². The number of amides is 2. The van der Waals surface area contributed by atoms with E-state index >= 15 is 0 Å². The molecule has 5 heteroatoms. The lowest BCUT2D eigenvalue weighted by Crippen LogP contribution is -2.37. The van der Waals surface area contributed by atoms with Crippen molar-refractivity contribution in [2.24, 2.45) is 11.8 Å². The van der Waals surface area contributed by atoms with Gasteiger partial charge in [-0.2, -0.15) is 0 Å². The van der Waals surface area contributed by atoms with E-state index in [-0.39, 0.29) is 29.5 Å². The molecule has 2 rings (SSSR count). The summed E-state index contributed by atoms with van der Waals surface area (Å²) in [5, 5.41) is 2.77. The molecule has 1 aromatic carbocycles. The van der Waals surface area contributed by atoms with E-state index in [0.29, 0.717) is 18.5 Å². The molecule has 24 heavy (non-hydrogen) atoms. The number of nitrogens with zero attached hydrogens (tertiary/aromatic N) is 1. The highest BCUT2D eigenvalue weighted by atomic mass is 19.1. The van der Waals surface area contributed by atoms with Gasteiger partial charge in [0.15, 0.2) is 0 Å². The number of hydrogen-bond donors (Lipinski definition) is 1. The van der Waals surface area contributed by atoms with Crippen LogP contribution in [-0.2, 0) is 9.59 Å². The normalized spacial score (nSPS) is 20.5. The molecule has 1 aliphatic carbocycles. The van der Waals surface area contributed by atoms with Crippen molar-refractivity contribution in [2.45, 2.75) is 45.4 Å². The number of anilines is 1. The van der Waals surface area contributed by atoms with Crippen molar-refractivity contribution < 1.29 is 14.0 Å². The first-order valence-corrected chi connectivity index (χ1v) is 8.82. The predicted octanol–water partition coefficient (Wildman–Crippen LogP) is 3.83. The molecule has 0 aromatic heterocycles. The third-order valence-corrected chi connectivity index (χ3v) is 4.76. The third kappa shape index (κ3) is 5.05. The van der Waals surface area contributed by atoms with Gasteiger partial charge in [0.05, 0.1) is 0 Å². The molecule has 0 radical (unpaired) electrons. The summed E-state index contributed by atoms with van der Waals surface area (Å²) in [7, 11) is 1.86. The highest BCUT2D eigenvalue weighted by molar-refractivity contribution is 5.92. The van der Waals surface area contributed by atoms with E-state index in [1.165, 1.54) is 12.1 Å². The molecule has 1 fully saturated rings. The minimum absolute atomic E-state index is 0.0325. The zero-order chi connectivity index (χ0) is 17.5. The fraction of sp³-hybridized carbons (Fsp3) is 0.579. The van der Waals surface area contributed by atoms with Gasteiger partial charge in [0.25, 0.3) is 0 Å². The molecule has 132 valence electrons. The number of hydrogen-bond acceptors (Lipinski definition) is 2. The van der Waals surface area contributed by atoms with Gasteiger partial charge in [0.2, 0.25) is 11.8 Å². The number of nitrogens with one attached hydrogen (secondary N) is 1. The molecule has 0 atom stereocenters. The molecule has 0 unspecified atom stereocenters. The van der Waals surface area contributed by atoms with Crippen molar-refractivity contribution in [3.63, 3.8) is 0 Å². The molecular weight excluding hydrogens is 307 g/mol. The Labute approximate surface area is 143 Å². The van der Waals surface area contributed by atoms with E-state index in [1.807, 2.05) is 11.9 Å². The second kappa shape index (κ2) is 8.81. The van der Waals surface area contributed by atoms with E-state index in [4.69, 9.17) is 0 Å². The van der Waals surface area contributed by atoms with Crippen LogP contribution in [0.15, 0.2) is 24.3 Å². The van der Waals surface area contributed by atoms with Crippen LogP contribution in [0.2, 0.25) is 0 Å². The third-order valence-electron chi connectivity index (χ3n) is 4.76. The number of benzene rings is 1. The molecule has 1 N–H and O–H groups in total. The van der Waals surface area contributed by atoms with Gasteiger partial charge >= 0.3 is 0 Å². The van der Waals surface area contributed by atoms with Gasteiger partial charge in [-0.15, -0.1) is 0 Å². The van der Waals surface area contributed by atoms with E-state index in [0.717, 1.165) is 32.2 Å². The van der Waals surface area contributed by atoms with Crippen LogP contribution in [0, 0.1) is 17.7 Å². The molecule has 0 aliphatic heterocycles. The fourth-order valence-corrected chi connectivity index (χ4v) is 3.23. The summed E-state index contributed by atoms with van der Waals surface area (Å²) in [6.45, 7) is 2.91. The Morgan fingerprint density at radius 2 is 1.88 bits per heavy atom. The standard InChI is InChI=1S/C19H27FN2O2/c1-3-4-12-22(2)19(24)15-10-8-14(9-11-15)18(23)21-17-7-5-6-16(20)13-17/h5-7,13-15H,3-4,8-12H2,1-2H3,(H,21,23). The second-order valence-corrected chi connectivity index (χ2v) is 6.66. The largest absolute Gasteiger partial charge is 0.346 e. The first-order valence-electron chi connectivity index (χ1n) is 8.82. The van der Waals surface area contributed by atoms with Gasteiger partial charge in [0.1, 0.15) is 5.82 Å². The average Bonchev–Trinajstić information content (AvgIpc) is 2.59. The van der Waals surface area contributed by atoms with Crippen LogP contribution in [-0.4, -0.2) is 30.3 Å². The fourth-order valence-electron chi connectivity index (χ4n) is 3.23. The minimum Gasteiger partial charge on any atom is -0.346 e. The average molecular weight is 334 g/mol. The van der Waals surface area contributed by atoms with Gasteiger partial charge in [0, 0.05) is 31.1 Å². The van der Waals surface area contributed by atoms with Crippen molar-refractivity contribution >= 4 is 17.5 Å².